The molecular weight excluding hydrogens is 436 g/mol. The summed E-state index contributed by atoms with van der Waals surface area (Å²) in [5, 5.41) is 48.7. The number of hydrogen-bond acceptors (Lipinski definition) is 6. The summed E-state index contributed by atoms with van der Waals surface area (Å²) in [7, 11) is 0. The Morgan fingerprint density at radius 1 is 1.09 bits per heavy atom. The molecule has 178 valence electrons. The molecule has 0 aliphatic carbocycles. The Hall–Kier alpha value is -3.63. The van der Waals surface area contributed by atoms with Crippen LogP contribution in [0.3, 0.4) is 0 Å². The Bertz CT molecular complexity index is 1110. The van der Waals surface area contributed by atoms with E-state index < -0.39 is 41.5 Å². The van der Waals surface area contributed by atoms with Gasteiger partial charge in [-0.25, -0.2) is 4.79 Å². The van der Waals surface area contributed by atoms with Gasteiger partial charge in [0.15, 0.2) is 23.7 Å². The van der Waals surface area contributed by atoms with E-state index in [1.54, 1.807) is 42.2 Å². The van der Waals surface area contributed by atoms with Crippen molar-refractivity contribution in [1.82, 2.24) is 20.9 Å². The molecule has 3 fully saturated rings. The molecule has 0 amide bonds. The van der Waals surface area contributed by atoms with Gasteiger partial charge >= 0.3 is 5.97 Å². The van der Waals surface area contributed by atoms with Gasteiger partial charge in [-0.3, -0.25) is 10.8 Å². The van der Waals surface area contributed by atoms with Crippen molar-refractivity contribution < 1.29 is 19.7 Å². The molecule has 0 aromatic heterocycles. The summed E-state index contributed by atoms with van der Waals surface area (Å²) in [6.07, 6.45) is -0.932. The van der Waals surface area contributed by atoms with Crippen molar-refractivity contribution in [3.63, 3.8) is 0 Å². The first-order chi connectivity index (χ1) is 16.4. The number of guanidine groups is 2. The lowest BCUT2D eigenvalue weighted by atomic mass is 9.76. The van der Waals surface area contributed by atoms with Gasteiger partial charge in [0.2, 0.25) is 0 Å². The van der Waals surface area contributed by atoms with Gasteiger partial charge in [0, 0.05) is 0 Å². The average molecular weight is 465 g/mol. The van der Waals surface area contributed by atoms with Gasteiger partial charge in [-0.2, -0.15) is 0 Å². The highest BCUT2D eigenvalue weighted by Gasteiger charge is 2.77. The molecule has 2 aromatic carbocycles. The van der Waals surface area contributed by atoms with E-state index in [0.29, 0.717) is 5.56 Å². The van der Waals surface area contributed by atoms with E-state index in [4.69, 9.17) is 15.6 Å². The third kappa shape index (κ3) is 2.92. The monoisotopic (exact) mass is 464 g/mol. The summed E-state index contributed by atoms with van der Waals surface area (Å²) in [5.74, 6) is -0.678. The zero-order valence-corrected chi connectivity index (χ0v) is 18.7. The second-order valence-corrected chi connectivity index (χ2v) is 8.87. The molecule has 10 nitrogen and oxygen atoms in total. The highest BCUT2D eigenvalue weighted by molar-refractivity contribution is 5.91. The van der Waals surface area contributed by atoms with Gasteiger partial charge in [-0.1, -0.05) is 55.5 Å². The van der Waals surface area contributed by atoms with Gasteiger partial charge in [0.05, 0.1) is 30.3 Å². The number of carbonyl (C=O) groups excluding carboxylic acids is 1. The van der Waals surface area contributed by atoms with Crippen LogP contribution in [-0.2, 0) is 4.74 Å². The first-order valence-corrected chi connectivity index (χ1v) is 11.3. The lowest BCUT2D eigenvalue weighted by Crippen LogP contribution is -2.80. The zero-order valence-electron chi connectivity index (χ0n) is 18.7. The molecule has 2 unspecified atom stereocenters. The predicted octanol–water partition coefficient (Wildman–Crippen LogP) is 0.501. The fourth-order valence-electron chi connectivity index (χ4n) is 5.74. The topological polar surface area (TPSA) is 154 Å². The Labute approximate surface area is 196 Å². The molecule has 6 atom stereocenters. The SMILES string of the molecule is CC[C@]1(O)[C@@H](OC(=O)c2ccccc2)[C@@H](c2ccccc2)N2C(=N)N[C@@H](CO)C3NC(=N)NC321. The number of aliphatic hydroxyl groups is 2. The van der Waals surface area contributed by atoms with Gasteiger partial charge in [0.25, 0.3) is 0 Å². The van der Waals surface area contributed by atoms with Crippen molar-refractivity contribution >= 4 is 17.9 Å². The summed E-state index contributed by atoms with van der Waals surface area (Å²) in [6.45, 7) is 1.46. The van der Waals surface area contributed by atoms with Crippen molar-refractivity contribution in [2.45, 2.75) is 48.8 Å². The fourth-order valence-corrected chi connectivity index (χ4v) is 5.74. The second kappa shape index (κ2) is 8.00. The first-order valence-electron chi connectivity index (χ1n) is 11.3. The molecule has 34 heavy (non-hydrogen) atoms. The minimum atomic E-state index is -1.72. The van der Waals surface area contributed by atoms with Crippen LogP contribution < -0.4 is 16.0 Å². The van der Waals surface area contributed by atoms with Crippen LogP contribution in [0.25, 0.3) is 0 Å². The van der Waals surface area contributed by atoms with Crippen LogP contribution in [0, 0.1) is 10.8 Å². The molecule has 2 aromatic rings. The van der Waals surface area contributed by atoms with E-state index >= 15 is 0 Å². The van der Waals surface area contributed by atoms with Crippen LogP contribution in [0.1, 0.15) is 35.3 Å². The van der Waals surface area contributed by atoms with Crippen molar-refractivity contribution in [2.24, 2.45) is 0 Å². The average Bonchev–Trinajstić information content (AvgIpc) is 3.32. The highest BCUT2D eigenvalue weighted by atomic mass is 16.6. The Morgan fingerprint density at radius 3 is 2.35 bits per heavy atom. The van der Waals surface area contributed by atoms with Crippen molar-refractivity contribution in [3.05, 3.63) is 71.8 Å². The van der Waals surface area contributed by atoms with Gasteiger partial charge < -0.3 is 35.8 Å². The smallest absolute Gasteiger partial charge is 0.338 e. The van der Waals surface area contributed by atoms with Crippen LogP contribution in [0.4, 0.5) is 0 Å². The largest absolute Gasteiger partial charge is 0.453 e. The minimum Gasteiger partial charge on any atom is -0.453 e. The molecule has 3 aliphatic rings. The van der Waals surface area contributed by atoms with Crippen molar-refractivity contribution in [3.8, 4) is 0 Å². The van der Waals surface area contributed by atoms with E-state index in [-0.39, 0.29) is 24.9 Å². The molecule has 3 saturated heterocycles. The fraction of sp³-hybridized carbons (Fsp3) is 0.375. The normalized spacial score (nSPS) is 33.9. The van der Waals surface area contributed by atoms with E-state index in [0.717, 1.165) is 5.56 Å². The standard InChI is InChI=1S/C24H28N6O4/c1-2-23(33)19(34-20(32)15-11-7-4-8-12-15)17(14-9-5-3-6-10-14)30-22(26)27-16(13-31)18-24(23,30)29-21(25)28-18/h3-12,16-19,31,33H,2,13H2,1H3,(H2,26,27)(H3,25,28,29)/t16-,17+,18?,19-,23-,24?/m0/s1. The highest BCUT2D eigenvalue weighted by Crippen LogP contribution is 2.55. The molecule has 3 heterocycles. The lowest BCUT2D eigenvalue weighted by molar-refractivity contribution is -0.126. The lowest BCUT2D eigenvalue weighted by Gasteiger charge is -2.53. The van der Waals surface area contributed by atoms with Crippen LogP contribution in [0.2, 0.25) is 0 Å². The third-order valence-electron chi connectivity index (χ3n) is 7.23. The van der Waals surface area contributed by atoms with Crippen molar-refractivity contribution in [1.29, 1.82) is 10.8 Å². The quantitative estimate of drug-likeness (QED) is 0.316. The maximum absolute atomic E-state index is 13.2. The summed E-state index contributed by atoms with van der Waals surface area (Å²) in [6, 6.07) is 15.8. The van der Waals surface area contributed by atoms with Gasteiger partial charge in [-0.05, 0) is 24.1 Å². The van der Waals surface area contributed by atoms with E-state index in [1.165, 1.54) is 0 Å². The number of esters is 1. The second-order valence-electron chi connectivity index (χ2n) is 8.87. The van der Waals surface area contributed by atoms with Gasteiger partial charge in [-0.15, -0.1) is 0 Å². The molecule has 5 rings (SSSR count). The predicted molar refractivity (Wildman–Crippen MR) is 124 cm³/mol. The molecule has 0 radical (unpaired) electrons. The summed E-state index contributed by atoms with van der Waals surface area (Å²) in [4.78, 5) is 14.9. The van der Waals surface area contributed by atoms with E-state index in [1.807, 2.05) is 30.3 Å². The summed E-state index contributed by atoms with van der Waals surface area (Å²) in [5.41, 5.74) is -2.06. The molecule has 0 bridgehead atoms. The molecular formula is C24H28N6O4. The maximum atomic E-state index is 13.2. The molecule has 3 aliphatic heterocycles. The third-order valence-corrected chi connectivity index (χ3v) is 7.23. The number of aliphatic hydroxyl groups excluding tert-OH is 1. The number of ether oxygens (including phenoxy) is 1. The Morgan fingerprint density at radius 2 is 1.74 bits per heavy atom. The Kier molecular flexibility index (Phi) is 5.22. The Balaban J connectivity index is 1.70. The van der Waals surface area contributed by atoms with Crippen LogP contribution in [-0.4, -0.2) is 69.1 Å². The number of carbonyl (C=O) groups is 1. The summed E-state index contributed by atoms with van der Waals surface area (Å²) >= 11 is 0. The number of nitrogens with zero attached hydrogens (tertiary/aromatic N) is 1. The van der Waals surface area contributed by atoms with Crippen molar-refractivity contribution in [2.75, 3.05) is 6.61 Å². The molecule has 7 N–H and O–H groups in total. The number of hydrogen-bond donors (Lipinski definition) is 7. The number of benzene rings is 2. The van der Waals surface area contributed by atoms with Crippen LogP contribution in [0.5, 0.6) is 0 Å². The first kappa shape index (κ1) is 22.2. The molecule has 0 saturated carbocycles. The van der Waals surface area contributed by atoms with Crippen LogP contribution in [0.15, 0.2) is 60.7 Å². The number of rotatable bonds is 5. The van der Waals surface area contributed by atoms with E-state index in [9.17, 15) is 15.0 Å². The zero-order chi connectivity index (χ0) is 24.1. The summed E-state index contributed by atoms with van der Waals surface area (Å²) < 4.78 is 6.06. The minimum absolute atomic E-state index is 0.0429. The molecule has 10 heteroatoms. The van der Waals surface area contributed by atoms with Crippen LogP contribution >= 0.6 is 0 Å². The van der Waals surface area contributed by atoms with Gasteiger partial charge in [0.1, 0.15) is 5.60 Å². The van der Waals surface area contributed by atoms with E-state index in [2.05, 4.69) is 16.0 Å². The number of nitrogens with one attached hydrogen (secondary N) is 5. The maximum Gasteiger partial charge on any atom is 0.338 e. The molecule has 1 spiro atoms.